The van der Waals surface area contributed by atoms with Gasteiger partial charge in [0.15, 0.2) is 0 Å². The van der Waals surface area contributed by atoms with E-state index in [2.05, 4.69) is 46.8 Å². The number of nitrogens with one attached hydrogen (secondary N) is 1. The monoisotopic (exact) mass is 284 g/mol. The Morgan fingerprint density at radius 2 is 2.05 bits per heavy atom. The van der Waals surface area contributed by atoms with Gasteiger partial charge in [-0.05, 0) is 43.9 Å². The summed E-state index contributed by atoms with van der Waals surface area (Å²) < 4.78 is 0. The molecule has 1 saturated carbocycles. The van der Waals surface area contributed by atoms with E-state index in [-0.39, 0.29) is 11.8 Å². The van der Waals surface area contributed by atoms with Gasteiger partial charge in [0, 0.05) is 25.0 Å². The maximum Gasteiger partial charge on any atom is 0.223 e. The molecule has 3 nitrogen and oxygen atoms in total. The predicted octanol–water partition coefficient (Wildman–Crippen LogP) is 2.73. The van der Waals surface area contributed by atoms with Crippen LogP contribution < -0.4 is 5.32 Å². The van der Waals surface area contributed by atoms with E-state index in [1.54, 1.807) is 0 Å². The van der Waals surface area contributed by atoms with Gasteiger partial charge in [0.1, 0.15) is 0 Å². The molecule has 112 valence electrons. The zero-order valence-corrected chi connectivity index (χ0v) is 12.5. The number of benzene rings is 1. The molecule has 1 aliphatic heterocycles. The van der Waals surface area contributed by atoms with Gasteiger partial charge in [-0.15, -0.1) is 0 Å². The second kappa shape index (κ2) is 6.79. The average Bonchev–Trinajstić information content (AvgIpc) is 2.97. The van der Waals surface area contributed by atoms with Crippen LogP contribution in [0.25, 0.3) is 0 Å². The van der Waals surface area contributed by atoms with E-state index in [1.165, 1.54) is 5.56 Å². The van der Waals surface area contributed by atoms with Crippen LogP contribution in [0, 0.1) is 5.92 Å². The number of aryl methyl sites for hydroxylation is 1. The van der Waals surface area contributed by atoms with Gasteiger partial charge in [-0.25, -0.2) is 0 Å². The normalized spacial score (nSPS) is 23.9. The first kappa shape index (κ1) is 14.2. The van der Waals surface area contributed by atoms with Crippen molar-refractivity contribution in [3.05, 3.63) is 48.2 Å². The Morgan fingerprint density at radius 1 is 1.24 bits per heavy atom. The summed E-state index contributed by atoms with van der Waals surface area (Å²) >= 11 is 0. The number of amides is 1. The van der Waals surface area contributed by atoms with Crippen molar-refractivity contribution in [1.29, 1.82) is 0 Å². The third kappa shape index (κ3) is 3.66. The molecule has 1 N–H and O–H groups in total. The van der Waals surface area contributed by atoms with Gasteiger partial charge in [0.05, 0.1) is 0 Å². The van der Waals surface area contributed by atoms with Crippen LogP contribution in [-0.2, 0) is 11.2 Å². The van der Waals surface area contributed by atoms with E-state index in [0.29, 0.717) is 6.04 Å². The SMILES string of the molecule is O=C(NCCCc1ccccc1)C1CC(N2C=CCC2)C1. The fourth-order valence-corrected chi connectivity index (χ4v) is 3.18. The smallest absolute Gasteiger partial charge is 0.223 e. The van der Waals surface area contributed by atoms with Crippen LogP contribution in [-0.4, -0.2) is 29.9 Å². The molecule has 1 aliphatic carbocycles. The van der Waals surface area contributed by atoms with Crippen LogP contribution in [0.2, 0.25) is 0 Å². The molecule has 0 unspecified atom stereocenters. The highest BCUT2D eigenvalue weighted by molar-refractivity contribution is 5.79. The van der Waals surface area contributed by atoms with Crippen LogP contribution >= 0.6 is 0 Å². The van der Waals surface area contributed by atoms with Gasteiger partial charge < -0.3 is 10.2 Å². The molecule has 0 aromatic heterocycles. The number of rotatable bonds is 6. The molecular weight excluding hydrogens is 260 g/mol. The van der Waals surface area contributed by atoms with E-state index in [1.807, 2.05) is 6.07 Å². The summed E-state index contributed by atoms with van der Waals surface area (Å²) in [6.45, 7) is 1.93. The van der Waals surface area contributed by atoms with E-state index < -0.39 is 0 Å². The van der Waals surface area contributed by atoms with Crippen molar-refractivity contribution in [2.75, 3.05) is 13.1 Å². The van der Waals surface area contributed by atoms with Crippen LogP contribution in [0.15, 0.2) is 42.6 Å². The standard InChI is InChI=1S/C18H24N2O/c21-18(16-13-17(14-16)20-11-4-5-12-20)19-10-6-9-15-7-2-1-3-8-15/h1-4,7-8,11,16-17H,5-6,9-10,12-14H2,(H,19,21). The molecule has 1 aromatic rings. The predicted molar refractivity (Wildman–Crippen MR) is 84.7 cm³/mol. The number of carbonyl (C=O) groups excluding carboxylic acids is 1. The lowest BCUT2D eigenvalue weighted by molar-refractivity contribution is -0.129. The fourth-order valence-electron chi connectivity index (χ4n) is 3.18. The van der Waals surface area contributed by atoms with Crippen molar-refractivity contribution in [2.24, 2.45) is 5.92 Å². The van der Waals surface area contributed by atoms with Crippen molar-refractivity contribution < 1.29 is 4.79 Å². The molecular formula is C18H24N2O. The number of nitrogens with zero attached hydrogens (tertiary/aromatic N) is 1. The molecule has 1 aromatic carbocycles. The first-order valence-electron chi connectivity index (χ1n) is 8.07. The van der Waals surface area contributed by atoms with Crippen LogP contribution in [0.1, 0.15) is 31.2 Å². The Bertz CT molecular complexity index is 491. The Labute approximate surface area is 127 Å². The lowest BCUT2D eigenvalue weighted by atomic mass is 9.79. The van der Waals surface area contributed by atoms with Crippen molar-refractivity contribution in [3.63, 3.8) is 0 Å². The Hall–Kier alpha value is -1.77. The summed E-state index contributed by atoms with van der Waals surface area (Å²) in [6.07, 6.45) is 9.67. The minimum atomic E-state index is 0.237. The highest BCUT2D eigenvalue weighted by atomic mass is 16.1. The summed E-state index contributed by atoms with van der Waals surface area (Å²) in [6, 6.07) is 11.0. The van der Waals surface area contributed by atoms with Gasteiger partial charge in [-0.2, -0.15) is 0 Å². The molecule has 0 bridgehead atoms. The highest BCUT2D eigenvalue weighted by Gasteiger charge is 2.37. The van der Waals surface area contributed by atoms with Gasteiger partial charge >= 0.3 is 0 Å². The Balaban J connectivity index is 1.30. The molecule has 1 fully saturated rings. The lowest BCUT2D eigenvalue weighted by Gasteiger charge is -2.40. The minimum absolute atomic E-state index is 0.237. The van der Waals surface area contributed by atoms with Crippen molar-refractivity contribution in [1.82, 2.24) is 10.2 Å². The van der Waals surface area contributed by atoms with Gasteiger partial charge in [-0.3, -0.25) is 4.79 Å². The van der Waals surface area contributed by atoms with E-state index in [4.69, 9.17) is 0 Å². The summed E-state index contributed by atoms with van der Waals surface area (Å²) in [7, 11) is 0. The summed E-state index contributed by atoms with van der Waals surface area (Å²) in [5.74, 6) is 0.489. The molecule has 2 aliphatic rings. The topological polar surface area (TPSA) is 32.3 Å². The first-order valence-corrected chi connectivity index (χ1v) is 8.07. The first-order chi connectivity index (χ1) is 10.3. The van der Waals surface area contributed by atoms with E-state index in [9.17, 15) is 4.79 Å². The molecule has 0 spiro atoms. The molecule has 3 rings (SSSR count). The maximum atomic E-state index is 12.0. The summed E-state index contributed by atoms with van der Waals surface area (Å²) in [5.41, 5.74) is 1.34. The lowest BCUT2D eigenvalue weighted by Crippen LogP contribution is -2.47. The van der Waals surface area contributed by atoms with Crippen LogP contribution in [0.5, 0.6) is 0 Å². The Kier molecular flexibility index (Phi) is 4.59. The highest BCUT2D eigenvalue weighted by Crippen LogP contribution is 2.33. The zero-order chi connectivity index (χ0) is 14.5. The van der Waals surface area contributed by atoms with Crippen LogP contribution in [0.3, 0.4) is 0 Å². The van der Waals surface area contributed by atoms with E-state index in [0.717, 1.165) is 45.2 Å². The second-order valence-corrected chi connectivity index (χ2v) is 6.11. The molecule has 3 heteroatoms. The largest absolute Gasteiger partial charge is 0.374 e. The third-order valence-corrected chi connectivity index (χ3v) is 4.59. The van der Waals surface area contributed by atoms with Gasteiger partial charge in [0.2, 0.25) is 5.91 Å². The Morgan fingerprint density at radius 3 is 2.76 bits per heavy atom. The van der Waals surface area contributed by atoms with Gasteiger partial charge in [-0.1, -0.05) is 36.4 Å². The van der Waals surface area contributed by atoms with Crippen molar-refractivity contribution in [2.45, 2.75) is 38.1 Å². The zero-order valence-electron chi connectivity index (χ0n) is 12.5. The molecule has 0 radical (unpaired) electrons. The number of hydrogen-bond acceptors (Lipinski definition) is 2. The third-order valence-electron chi connectivity index (χ3n) is 4.59. The molecule has 0 atom stereocenters. The molecule has 1 amide bonds. The quantitative estimate of drug-likeness (QED) is 0.815. The number of hydrogen-bond donors (Lipinski definition) is 1. The molecule has 21 heavy (non-hydrogen) atoms. The molecule has 1 heterocycles. The average molecular weight is 284 g/mol. The minimum Gasteiger partial charge on any atom is -0.374 e. The van der Waals surface area contributed by atoms with Crippen LogP contribution in [0.4, 0.5) is 0 Å². The van der Waals surface area contributed by atoms with E-state index >= 15 is 0 Å². The second-order valence-electron chi connectivity index (χ2n) is 6.11. The summed E-state index contributed by atoms with van der Waals surface area (Å²) in [5, 5.41) is 3.09. The molecule has 0 saturated heterocycles. The summed E-state index contributed by atoms with van der Waals surface area (Å²) in [4.78, 5) is 14.4. The number of carbonyl (C=O) groups is 1. The van der Waals surface area contributed by atoms with Gasteiger partial charge in [0.25, 0.3) is 0 Å². The van der Waals surface area contributed by atoms with Crippen molar-refractivity contribution >= 4 is 5.91 Å². The maximum absolute atomic E-state index is 12.0. The fraction of sp³-hybridized carbons (Fsp3) is 0.500. The van der Waals surface area contributed by atoms with Crippen molar-refractivity contribution in [3.8, 4) is 0 Å².